The van der Waals surface area contributed by atoms with Gasteiger partial charge in [0.05, 0.1) is 17.4 Å². The molecule has 0 aliphatic rings. The molecule has 1 atom stereocenters. The van der Waals surface area contributed by atoms with Crippen LogP contribution in [0.25, 0.3) is 0 Å². The molecule has 0 spiro atoms. The fourth-order valence-corrected chi connectivity index (χ4v) is 5.15. The Morgan fingerprint density at radius 2 is 1.15 bits per heavy atom. The molecule has 0 aliphatic heterocycles. The van der Waals surface area contributed by atoms with Crippen LogP contribution in [0.2, 0.25) is 0 Å². The number of benzene rings is 3. The third-order valence-electron chi connectivity index (χ3n) is 5.18. The van der Waals surface area contributed by atoms with Crippen molar-refractivity contribution in [2.24, 2.45) is 5.92 Å². The number of hydrogen-bond acceptors (Lipinski definition) is 6. The van der Waals surface area contributed by atoms with Crippen LogP contribution in [0.3, 0.4) is 0 Å². The highest BCUT2D eigenvalue weighted by molar-refractivity contribution is 7.90. The summed E-state index contributed by atoms with van der Waals surface area (Å²) in [6, 6.07) is 27.2. The number of sulfone groups is 1. The molecule has 0 bridgehead atoms. The molecule has 0 radical (unpaired) electrons. The van der Waals surface area contributed by atoms with Crippen molar-refractivity contribution in [3.63, 3.8) is 0 Å². The van der Waals surface area contributed by atoms with Crippen molar-refractivity contribution in [3.05, 3.63) is 108 Å². The molecule has 1 unspecified atom stereocenters. The fraction of sp³-hybridized carbons (Fsp3) is 0.259. The van der Waals surface area contributed by atoms with Crippen LogP contribution in [0.4, 0.5) is 0 Å². The molecule has 0 saturated heterocycles. The smallest absolute Gasteiger partial charge is 0.310 e. The van der Waals surface area contributed by atoms with Crippen molar-refractivity contribution < 1.29 is 27.5 Å². The van der Waals surface area contributed by atoms with Gasteiger partial charge in [-0.25, -0.2) is 8.42 Å². The van der Waals surface area contributed by atoms with Gasteiger partial charge >= 0.3 is 11.9 Å². The highest BCUT2D eigenvalue weighted by atomic mass is 32.2. The Morgan fingerprint density at radius 3 is 1.68 bits per heavy atom. The van der Waals surface area contributed by atoms with Crippen LogP contribution in [-0.4, -0.2) is 26.1 Å². The standard InChI is InChI=1S/C27H28O6S/c28-26(32-18-22-10-4-1-5-11-22)17-16-25(27(29)33-19-23-12-6-2-7-13-23)21-34(30,31)20-24-14-8-3-9-15-24/h1-15,25H,16-21H2. The van der Waals surface area contributed by atoms with Gasteiger partial charge in [0.25, 0.3) is 0 Å². The molecule has 0 saturated carbocycles. The van der Waals surface area contributed by atoms with E-state index in [2.05, 4.69) is 0 Å². The van der Waals surface area contributed by atoms with E-state index in [-0.39, 0.29) is 31.8 Å². The lowest BCUT2D eigenvalue weighted by Gasteiger charge is -2.16. The van der Waals surface area contributed by atoms with Crippen molar-refractivity contribution in [3.8, 4) is 0 Å². The predicted molar refractivity (Wildman–Crippen MR) is 129 cm³/mol. The van der Waals surface area contributed by atoms with E-state index in [1.165, 1.54) is 0 Å². The van der Waals surface area contributed by atoms with E-state index < -0.39 is 33.4 Å². The number of carbonyl (C=O) groups excluding carboxylic acids is 2. The Kier molecular flexibility index (Phi) is 9.40. The van der Waals surface area contributed by atoms with Gasteiger partial charge in [0.2, 0.25) is 0 Å². The number of esters is 2. The van der Waals surface area contributed by atoms with Gasteiger partial charge in [0, 0.05) is 6.42 Å². The van der Waals surface area contributed by atoms with Crippen LogP contribution in [0.1, 0.15) is 29.5 Å². The first-order valence-corrected chi connectivity index (χ1v) is 12.9. The molecule has 0 N–H and O–H groups in total. The Balaban J connectivity index is 1.61. The predicted octanol–water partition coefficient (Wildman–Crippen LogP) is 4.48. The Bertz CT molecular complexity index is 1150. The van der Waals surface area contributed by atoms with Gasteiger partial charge in [-0.15, -0.1) is 0 Å². The maximum Gasteiger partial charge on any atom is 0.310 e. The molecule has 0 amide bonds. The monoisotopic (exact) mass is 480 g/mol. The van der Waals surface area contributed by atoms with Crippen LogP contribution < -0.4 is 0 Å². The minimum Gasteiger partial charge on any atom is -0.461 e. The largest absolute Gasteiger partial charge is 0.461 e. The van der Waals surface area contributed by atoms with Crippen LogP contribution in [0, 0.1) is 5.92 Å². The zero-order valence-corrected chi connectivity index (χ0v) is 19.7. The maximum atomic E-state index is 12.8. The van der Waals surface area contributed by atoms with Gasteiger partial charge in [-0.1, -0.05) is 91.0 Å². The fourth-order valence-electron chi connectivity index (χ4n) is 3.41. The molecule has 0 aromatic heterocycles. The molecule has 0 fully saturated rings. The minimum atomic E-state index is -3.62. The molecule has 7 heteroatoms. The molecule has 34 heavy (non-hydrogen) atoms. The summed E-state index contributed by atoms with van der Waals surface area (Å²) in [6.45, 7) is 0.155. The second kappa shape index (κ2) is 12.7. The summed E-state index contributed by atoms with van der Waals surface area (Å²) in [7, 11) is -3.62. The van der Waals surface area contributed by atoms with Crippen LogP contribution >= 0.6 is 0 Å². The second-order valence-electron chi connectivity index (χ2n) is 8.02. The molecule has 3 aromatic rings. The molecule has 3 rings (SSSR count). The van der Waals surface area contributed by atoms with E-state index >= 15 is 0 Å². The third-order valence-corrected chi connectivity index (χ3v) is 6.86. The first kappa shape index (κ1) is 25.2. The van der Waals surface area contributed by atoms with E-state index in [4.69, 9.17) is 9.47 Å². The van der Waals surface area contributed by atoms with Gasteiger partial charge in [0.15, 0.2) is 9.84 Å². The van der Waals surface area contributed by atoms with Crippen molar-refractivity contribution in [2.75, 3.05) is 5.75 Å². The molecular weight excluding hydrogens is 452 g/mol. The van der Waals surface area contributed by atoms with Crippen LogP contribution in [0.5, 0.6) is 0 Å². The highest BCUT2D eigenvalue weighted by Gasteiger charge is 2.28. The number of ether oxygens (including phenoxy) is 2. The lowest BCUT2D eigenvalue weighted by atomic mass is 10.1. The average Bonchev–Trinajstić information content (AvgIpc) is 2.85. The zero-order valence-electron chi connectivity index (χ0n) is 18.8. The summed E-state index contributed by atoms with van der Waals surface area (Å²) in [5, 5.41) is 0. The second-order valence-corrected chi connectivity index (χ2v) is 10.1. The molecule has 0 aliphatic carbocycles. The highest BCUT2D eigenvalue weighted by Crippen LogP contribution is 2.18. The summed E-state index contributed by atoms with van der Waals surface area (Å²) in [6.07, 6.45) is -0.0614. The summed E-state index contributed by atoms with van der Waals surface area (Å²) in [5.41, 5.74) is 2.28. The lowest BCUT2D eigenvalue weighted by molar-refractivity contribution is -0.150. The number of rotatable bonds is 12. The Hall–Kier alpha value is -3.45. The molecule has 3 aromatic carbocycles. The normalized spacial score (nSPS) is 12.0. The number of hydrogen-bond donors (Lipinski definition) is 0. The van der Waals surface area contributed by atoms with Gasteiger partial charge in [-0.05, 0) is 23.1 Å². The minimum absolute atomic E-state index is 0.0231. The van der Waals surface area contributed by atoms with E-state index in [0.717, 1.165) is 11.1 Å². The SMILES string of the molecule is O=C(CCC(CS(=O)(=O)Cc1ccccc1)C(=O)OCc1ccccc1)OCc1ccccc1. The van der Waals surface area contributed by atoms with E-state index in [9.17, 15) is 18.0 Å². The number of carbonyl (C=O) groups is 2. The molecular formula is C27H28O6S. The summed E-state index contributed by atoms with van der Waals surface area (Å²) in [5.74, 6) is -2.70. The van der Waals surface area contributed by atoms with E-state index in [0.29, 0.717) is 5.56 Å². The quantitative estimate of drug-likeness (QED) is 0.355. The summed E-state index contributed by atoms with van der Waals surface area (Å²) >= 11 is 0. The van der Waals surface area contributed by atoms with E-state index in [1.54, 1.807) is 30.3 Å². The zero-order chi connectivity index (χ0) is 24.2. The van der Waals surface area contributed by atoms with Crippen molar-refractivity contribution >= 4 is 21.8 Å². The van der Waals surface area contributed by atoms with Crippen LogP contribution in [0.15, 0.2) is 91.0 Å². The van der Waals surface area contributed by atoms with Crippen molar-refractivity contribution in [2.45, 2.75) is 31.8 Å². The average molecular weight is 481 g/mol. The maximum absolute atomic E-state index is 12.8. The lowest BCUT2D eigenvalue weighted by Crippen LogP contribution is -2.27. The summed E-state index contributed by atoms with van der Waals surface area (Å²) in [4.78, 5) is 25.1. The topological polar surface area (TPSA) is 86.7 Å². The molecule has 6 nitrogen and oxygen atoms in total. The third kappa shape index (κ3) is 8.83. The first-order chi connectivity index (χ1) is 16.4. The van der Waals surface area contributed by atoms with Gasteiger partial charge < -0.3 is 9.47 Å². The first-order valence-electron chi connectivity index (χ1n) is 11.1. The van der Waals surface area contributed by atoms with Crippen LogP contribution in [-0.2, 0) is 47.9 Å². The summed E-state index contributed by atoms with van der Waals surface area (Å²) < 4.78 is 36.3. The van der Waals surface area contributed by atoms with Gasteiger partial charge in [0.1, 0.15) is 13.2 Å². The molecule has 0 heterocycles. The van der Waals surface area contributed by atoms with Gasteiger partial charge in [-0.3, -0.25) is 9.59 Å². The molecule has 178 valence electrons. The van der Waals surface area contributed by atoms with Crippen molar-refractivity contribution in [1.82, 2.24) is 0 Å². The van der Waals surface area contributed by atoms with Crippen molar-refractivity contribution in [1.29, 1.82) is 0 Å². The Labute approximate surface area is 200 Å². The van der Waals surface area contributed by atoms with E-state index in [1.807, 2.05) is 60.7 Å². The van der Waals surface area contributed by atoms with Gasteiger partial charge in [-0.2, -0.15) is 0 Å². The Morgan fingerprint density at radius 1 is 0.676 bits per heavy atom.